The average molecular weight is 408 g/mol. The summed E-state index contributed by atoms with van der Waals surface area (Å²) >= 11 is 0. The molecule has 2 N–H and O–H groups in total. The first-order valence-corrected chi connectivity index (χ1v) is 10.3. The predicted molar refractivity (Wildman–Crippen MR) is 117 cm³/mol. The van der Waals surface area contributed by atoms with Crippen molar-refractivity contribution in [3.05, 3.63) is 72.5 Å². The summed E-state index contributed by atoms with van der Waals surface area (Å²) in [5.41, 5.74) is 2.44. The zero-order valence-corrected chi connectivity index (χ0v) is 17.4. The molecule has 0 aliphatic heterocycles. The van der Waals surface area contributed by atoms with E-state index in [1.807, 2.05) is 54.6 Å². The minimum Gasteiger partial charge on any atom is -0.513 e. The maximum Gasteiger partial charge on any atom is 0.328 e. The van der Waals surface area contributed by atoms with Crippen LogP contribution in [0.15, 0.2) is 66.9 Å². The van der Waals surface area contributed by atoms with Gasteiger partial charge in [0.15, 0.2) is 0 Å². The van der Waals surface area contributed by atoms with Crippen molar-refractivity contribution in [2.75, 3.05) is 7.11 Å². The van der Waals surface area contributed by atoms with Crippen LogP contribution in [-0.4, -0.2) is 30.1 Å². The number of methoxy groups -OCH3 is 1. The largest absolute Gasteiger partial charge is 0.513 e. The van der Waals surface area contributed by atoms with E-state index in [2.05, 4.69) is 11.9 Å². The molecule has 0 spiro atoms. The highest BCUT2D eigenvalue weighted by Gasteiger charge is 2.43. The highest BCUT2D eigenvalue weighted by atomic mass is 16.5. The van der Waals surface area contributed by atoms with Crippen LogP contribution in [0.3, 0.4) is 0 Å². The van der Waals surface area contributed by atoms with Gasteiger partial charge >= 0.3 is 5.97 Å². The second-order valence-electron chi connectivity index (χ2n) is 8.05. The van der Waals surface area contributed by atoms with Gasteiger partial charge < -0.3 is 15.2 Å². The number of carbonyl (C=O) groups excluding carboxylic acids is 2. The Morgan fingerprint density at radius 1 is 1.07 bits per heavy atom. The molecule has 5 heteroatoms. The van der Waals surface area contributed by atoms with Crippen molar-refractivity contribution in [2.24, 2.45) is 5.41 Å². The fourth-order valence-electron chi connectivity index (χ4n) is 4.27. The van der Waals surface area contributed by atoms with E-state index in [1.165, 1.54) is 7.11 Å². The monoisotopic (exact) mass is 407 g/mol. The van der Waals surface area contributed by atoms with E-state index in [0.717, 1.165) is 29.5 Å². The van der Waals surface area contributed by atoms with Crippen molar-refractivity contribution in [1.29, 1.82) is 0 Å². The normalized spacial score (nSPS) is 15.9. The number of esters is 1. The van der Waals surface area contributed by atoms with Crippen LogP contribution >= 0.6 is 0 Å². The van der Waals surface area contributed by atoms with Gasteiger partial charge in [0.25, 0.3) is 0 Å². The maximum atomic E-state index is 13.1. The van der Waals surface area contributed by atoms with Gasteiger partial charge in [0.2, 0.25) is 5.91 Å². The molecule has 5 nitrogen and oxygen atoms in total. The van der Waals surface area contributed by atoms with Gasteiger partial charge in [-0.25, -0.2) is 4.79 Å². The second-order valence-corrected chi connectivity index (χ2v) is 8.05. The lowest BCUT2D eigenvalue weighted by molar-refractivity contribution is -0.146. The SMILES string of the molecule is C=C(O)CC1(C(=O)NC(Cc2ccc(-c3ccccc3)cc2)C(=O)OC)CCCC1. The topological polar surface area (TPSA) is 75.6 Å². The number of aliphatic hydroxyl groups is 1. The van der Waals surface area contributed by atoms with E-state index in [0.29, 0.717) is 19.3 Å². The highest BCUT2D eigenvalue weighted by Crippen LogP contribution is 2.43. The number of rotatable bonds is 8. The smallest absolute Gasteiger partial charge is 0.328 e. The third-order valence-corrected chi connectivity index (χ3v) is 5.88. The molecule has 0 bridgehead atoms. The summed E-state index contributed by atoms with van der Waals surface area (Å²) in [4.78, 5) is 25.5. The molecule has 1 aliphatic carbocycles. The van der Waals surface area contributed by atoms with Gasteiger partial charge in [-0.2, -0.15) is 0 Å². The first-order chi connectivity index (χ1) is 14.4. The molecule has 2 aromatic rings. The summed E-state index contributed by atoms with van der Waals surface area (Å²) in [6.45, 7) is 3.56. The lowest BCUT2D eigenvalue weighted by atomic mass is 9.80. The van der Waals surface area contributed by atoms with Crippen molar-refractivity contribution in [1.82, 2.24) is 5.32 Å². The van der Waals surface area contributed by atoms with E-state index in [4.69, 9.17) is 4.74 Å². The van der Waals surface area contributed by atoms with Crippen LogP contribution in [0, 0.1) is 5.41 Å². The lowest BCUT2D eigenvalue weighted by Gasteiger charge is -2.29. The van der Waals surface area contributed by atoms with Crippen LogP contribution in [-0.2, 0) is 20.7 Å². The van der Waals surface area contributed by atoms with E-state index in [9.17, 15) is 14.7 Å². The van der Waals surface area contributed by atoms with Crippen LogP contribution < -0.4 is 5.32 Å². The number of hydrogen-bond donors (Lipinski definition) is 2. The molecule has 1 fully saturated rings. The van der Waals surface area contributed by atoms with Gasteiger partial charge in [-0.3, -0.25) is 4.79 Å². The van der Waals surface area contributed by atoms with Crippen LogP contribution in [0.1, 0.15) is 37.7 Å². The Balaban J connectivity index is 1.74. The van der Waals surface area contributed by atoms with Gasteiger partial charge in [-0.05, 0) is 29.5 Å². The van der Waals surface area contributed by atoms with Crippen molar-refractivity contribution in [2.45, 2.75) is 44.6 Å². The standard InChI is InChI=1S/C25H29NO4/c1-18(27)17-25(14-6-7-15-25)24(29)26-22(23(28)30-2)16-19-10-12-21(13-11-19)20-8-4-3-5-9-20/h3-5,8-13,22,27H,1,6-7,14-17H2,2H3,(H,26,29). The molecule has 0 heterocycles. The molecule has 1 saturated carbocycles. The molecule has 1 unspecified atom stereocenters. The third kappa shape index (κ3) is 5.09. The van der Waals surface area contributed by atoms with Gasteiger partial charge in [-0.1, -0.05) is 74.0 Å². The Morgan fingerprint density at radius 2 is 1.67 bits per heavy atom. The van der Waals surface area contributed by atoms with Crippen molar-refractivity contribution >= 4 is 11.9 Å². The van der Waals surface area contributed by atoms with Crippen molar-refractivity contribution in [3.8, 4) is 11.1 Å². The van der Waals surface area contributed by atoms with Crippen LogP contribution in [0.2, 0.25) is 0 Å². The quantitative estimate of drug-likeness (QED) is 0.496. The molecular weight excluding hydrogens is 378 g/mol. The number of benzene rings is 2. The fraction of sp³-hybridized carbons (Fsp3) is 0.360. The van der Waals surface area contributed by atoms with Crippen LogP contribution in [0.25, 0.3) is 11.1 Å². The summed E-state index contributed by atoms with van der Waals surface area (Å²) in [5.74, 6) is -0.698. The fourth-order valence-corrected chi connectivity index (χ4v) is 4.27. The summed E-state index contributed by atoms with van der Waals surface area (Å²) in [7, 11) is 1.32. The highest BCUT2D eigenvalue weighted by molar-refractivity contribution is 5.88. The van der Waals surface area contributed by atoms with E-state index >= 15 is 0 Å². The number of carbonyl (C=O) groups is 2. The summed E-state index contributed by atoms with van der Waals surface area (Å²) in [6, 6.07) is 17.2. The van der Waals surface area contributed by atoms with E-state index < -0.39 is 17.4 Å². The molecule has 1 aliphatic rings. The Morgan fingerprint density at radius 3 is 2.23 bits per heavy atom. The van der Waals surface area contributed by atoms with Crippen molar-refractivity contribution in [3.63, 3.8) is 0 Å². The van der Waals surface area contributed by atoms with Gasteiger partial charge in [0.05, 0.1) is 18.3 Å². The number of ether oxygens (including phenoxy) is 1. The Labute approximate surface area is 177 Å². The molecule has 30 heavy (non-hydrogen) atoms. The average Bonchev–Trinajstić information content (AvgIpc) is 3.23. The molecule has 2 aromatic carbocycles. The Kier molecular flexibility index (Phi) is 6.93. The van der Waals surface area contributed by atoms with Gasteiger partial charge in [0.1, 0.15) is 6.04 Å². The van der Waals surface area contributed by atoms with Gasteiger partial charge in [-0.15, -0.1) is 0 Å². The molecule has 0 saturated heterocycles. The zero-order chi connectivity index (χ0) is 21.6. The minimum atomic E-state index is -0.783. The van der Waals surface area contributed by atoms with E-state index in [1.54, 1.807) is 0 Å². The number of amides is 1. The molecule has 1 amide bonds. The zero-order valence-electron chi connectivity index (χ0n) is 17.4. The number of allylic oxidation sites excluding steroid dienone is 1. The Hall–Kier alpha value is -3.08. The summed E-state index contributed by atoms with van der Waals surface area (Å²) < 4.78 is 4.93. The number of hydrogen-bond acceptors (Lipinski definition) is 4. The Bertz CT molecular complexity index is 883. The molecule has 0 radical (unpaired) electrons. The first kappa shape index (κ1) is 21.6. The summed E-state index contributed by atoms with van der Waals surface area (Å²) in [6.07, 6.45) is 3.76. The van der Waals surface area contributed by atoms with Crippen molar-refractivity contribution < 1.29 is 19.4 Å². The second kappa shape index (κ2) is 9.61. The molecule has 3 rings (SSSR count). The maximum absolute atomic E-state index is 13.1. The van der Waals surface area contributed by atoms with Crippen LogP contribution in [0.4, 0.5) is 0 Å². The number of nitrogens with one attached hydrogen (secondary N) is 1. The predicted octanol–water partition coefficient (Wildman–Crippen LogP) is 4.58. The number of aliphatic hydroxyl groups excluding tert-OH is 1. The minimum absolute atomic E-state index is 0.00170. The molecule has 1 atom stereocenters. The molecular formula is C25H29NO4. The van der Waals surface area contributed by atoms with E-state index in [-0.39, 0.29) is 18.1 Å². The third-order valence-electron chi connectivity index (χ3n) is 5.88. The van der Waals surface area contributed by atoms with Gasteiger partial charge in [0, 0.05) is 12.8 Å². The van der Waals surface area contributed by atoms with Crippen LogP contribution in [0.5, 0.6) is 0 Å². The molecule has 158 valence electrons. The molecule has 0 aromatic heterocycles. The summed E-state index contributed by atoms with van der Waals surface area (Å²) in [5, 5.41) is 12.6. The first-order valence-electron chi connectivity index (χ1n) is 10.3. The lowest BCUT2D eigenvalue weighted by Crippen LogP contribution is -2.49.